The second-order valence-corrected chi connectivity index (χ2v) is 27.0. The van der Waals surface area contributed by atoms with E-state index in [-0.39, 0.29) is 0 Å². The van der Waals surface area contributed by atoms with E-state index in [0.29, 0.717) is 0 Å². The summed E-state index contributed by atoms with van der Waals surface area (Å²) in [4.78, 5) is 0. The molecule has 0 aromatic rings. The third-order valence-corrected chi connectivity index (χ3v) is 20.1. The van der Waals surface area contributed by atoms with Crippen LogP contribution in [-0.4, -0.2) is 460 Å². The Bertz CT molecular complexity index is 2580. The highest BCUT2D eigenvalue weighted by Gasteiger charge is 2.62. The Kier molecular flexibility index (Phi) is 29.0. The summed E-state index contributed by atoms with van der Waals surface area (Å²) in [5.74, 6) is 0. The van der Waals surface area contributed by atoms with Gasteiger partial charge >= 0.3 is 0 Å². The van der Waals surface area contributed by atoms with E-state index >= 15 is 0 Å². The molecule has 0 aliphatic carbocycles. The van der Waals surface area contributed by atoms with Crippen LogP contribution >= 0.6 is 0 Å². The molecule has 10 aliphatic heterocycles. The van der Waals surface area contributed by atoms with Gasteiger partial charge in [-0.2, -0.15) is 0 Å². The molecule has 44 nitrogen and oxygen atoms in total. The molecule has 0 unspecified atom stereocenters. The number of aliphatic hydroxyl groups is 23. The van der Waals surface area contributed by atoms with E-state index in [1.165, 1.54) is 41.9 Å². The van der Waals surface area contributed by atoms with Crippen LogP contribution in [0, 0.1) is 0 Å². The standard InChI is InChI=1S/C59H100O44/c1-13-23(65)42(98-54-36(78)31(73)27(69)18(7-60)92-54)39(81)56(87-13)101-46-40(16(4)90-59(49(46)102-55-37(79)32(74)28(70)19(8-61)93-55)100-45-38(80)50(82)91-21(10-63)41(45)97-51-33(75)26(68)17(64)11-85-51)96-52-34(76)30(72)22(12-86-52)95-58-48(103-57-47(84-6)43(83-5)24(66)14(2)88-57)44(25(67)15(3)89-58)99-53-35(77)29(71)20(9-62)94-53/h13-82H,7-12H2,1-6H3/t13-,14+,15+,16+,17-,18-,19-,20+,21-,22-,23-,24+,25+,26+,27-,28+,29+,30+,31+,32+,33-,34-,35-,36+,37-,38-,39+,40-,41-,42+,43-,44-,45-,46-,47-,48-,49+,50-,51+,52+,53-,54-,55-,56-,57+,58-,59+/m1/s1. The largest absolute Gasteiger partial charge is 0.394 e. The van der Waals surface area contributed by atoms with E-state index in [1.807, 2.05) is 0 Å². The zero-order valence-electron chi connectivity index (χ0n) is 56.2. The van der Waals surface area contributed by atoms with Gasteiger partial charge in [-0.05, 0) is 27.7 Å². The Morgan fingerprint density at radius 3 is 1.13 bits per heavy atom. The van der Waals surface area contributed by atoms with E-state index in [4.69, 9.17) is 99.5 Å². The smallest absolute Gasteiger partial charge is 0.187 e. The van der Waals surface area contributed by atoms with Crippen LogP contribution in [0.3, 0.4) is 0 Å². The molecule has 0 bridgehead atoms. The van der Waals surface area contributed by atoms with E-state index in [1.54, 1.807) is 0 Å². The van der Waals surface area contributed by atoms with Crippen molar-refractivity contribution in [2.24, 2.45) is 0 Å². The van der Waals surface area contributed by atoms with Crippen LogP contribution in [0.5, 0.6) is 0 Å². The monoisotopic (exact) mass is 1510 g/mol. The molecule has 47 atom stereocenters. The molecule has 0 radical (unpaired) electrons. The van der Waals surface area contributed by atoms with E-state index in [2.05, 4.69) is 0 Å². The van der Waals surface area contributed by atoms with Gasteiger partial charge in [0.1, 0.15) is 201 Å². The van der Waals surface area contributed by atoms with Crippen molar-refractivity contribution >= 4 is 0 Å². The molecule has 10 saturated heterocycles. The quantitative estimate of drug-likeness (QED) is 0.0427. The average Bonchev–Trinajstić information content (AvgIpc) is 0.952. The van der Waals surface area contributed by atoms with Gasteiger partial charge in [0, 0.05) is 14.2 Å². The number of methoxy groups -OCH3 is 2. The van der Waals surface area contributed by atoms with Crippen molar-refractivity contribution in [2.75, 3.05) is 53.9 Å². The summed E-state index contributed by atoms with van der Waals surface area (Å²) in [6.07, 6.45) is -88.1. The molecule has 0 aromatic heterocycles. The Balaban J connectivity index is 0.996. The lowest BCUT2D eigenvalue weighted by Gasteiger charge is -2.52. The molecule has 0 aromatic carbocycles. The maximum atomic E-state index is 12.3. The third-order valence-electron chi connectivity index (χ3n) is 20.1. The van der Waals surface area contributed by atoms with Crippen molar-refractivity contribution in [3.05, 3.63) is 0 Å². The van der Waals surface area contributed by atoms with Crippen LogP contribution in [0.4, 0.5) is 0 Å². The molecule has 0 spiro atoms. The van der Waals surface area contributed by atoms with Gasteiger partial charge in [-0.25, -0.2) is 0 Å². The predicted octanol–water partition coefficient (Wildman–Crippen LogP) is -15.5. The summed E-state index contributed by atoms with van der Waals surface area (Å²) in [5, 5.41) is 254. The van der Waals surface area contributed by atoms with E-state index in [0.717, 1.165) is 0 Å². The minimum atomic E-state index is -2.32. The first-order chi connectivity index (χ1) is 48.8. The second-order valence-electron chi connectivity index (χ2n) is 27.0. The lowest BCUT2D eigenvalue weighted by atomic mass is 9.94. The molecule has 600 valence electrons. The summed E-state index contributed by atoms with van der Waals surface area (Å²) in [5.41, 5.74) is 0. The lowest BCUT2D eigenvalue weighted by molar-refractivity contribution is -0.422. The van der Waals surface area contributed by atoms with E-state index in [9.17, 15) is 117 Å². The molecule has 10 fully saturated rings. The van der Waals surface area contributed by atoms with Crippen LogP contribution in [0.2, 0.25) is 0 Å². The highest BCUT2D eigenvalue weighted by Crippen LogP contribution is 2.42. The van der Waals surface area contributed by atoms with Crippen LogP contribution in [0.1, 0.15) is 27.7 Å². The summed E-state index contributed by atoms with van der Waals surface area (Å²) >= 11 is 0. The molecule has 10 rings (SSSR count). The second kappa shape index (κ2) is 35.7. The highest BCUT2D eigenvalue weighted by atomic mass is 16.8. The van der Waals surface area contributed by atoms with Crippen molar-refractivity contribution in [3.8, 4) is 0 Å². The van der Waals surface area contributed by atoms with Gasteiger partial charge in [-0.15, -0.1) is 0 Å². The average molecular weight is 1510 g/mol. The molecule has 44 heteroatoms. The molecule has 10 aliphatic rings. The van der Waals surface area contributed by atoms with Crippen molar-refractivity contribution < 1.29 is 217 Å². The van der Waals surface area contributed by atoms with Crippen LogP contribution < -0.4 is 0 Å². The van der Waals surface area contributed by atoms with Crippen molar-refractivity contribution in [2.45, 2.75) is 316 Å². The molecular weight excluding hydrogens is 1410 g/mol. The number of hydrogen-bond donors (Lipinski definition) is 23. The van der Waals surface area contributed by atoms with Crippen molar-refractivity contribution in [3.63, 3.8) is 0 Å². The summed E-state index contributed by atoms with van der Waals surface area (Å²) < 4.78 is 126. The maximum Gasteiger partial charge on any atom is 0.187 e. The van der Waals surface area contributed by atoms with E-state index < -0.39 is 328 Å². The van der Waals surface area contributed by atoms with Crippen LogP contribution in [0.25, 0.3) is 0 Å². The van der Waals surface area contributed by atoms with Gasteiger partial charge in [0.05, 0.1) is 64.1 Å². The zero-order valence-corrected chi connectivity index (χ0v) is 56.2. The van der Waals surface area contributed by atoms with Gasteiger partial charge < -0.3 is 217 Å². The first kappa shape index (κ1) is 83.7. The van der Waals surface area contributed by atoms with Gasteiger partial charge in [0.25, 0.3) is 0 Å². The SMILES string of the molecule is CO[C@@H]1[C@@H](O)[C@H](C)O[C@@H](O[C@H]2[C@@H](O[C@@H]3CO[C@@H](O[C@H]4[C@@H](O[C@H]5O[C@H](C)[C@@H](O)[C@H](O[C@H]6O[C@H](CO)[C@@H](O)[C@H](O)[C@@H]6O)[C@@H]5O)[C@H](O[C@H]5O[C@H](CO)[C@H](O)[C@H](O)[C@H]5O)[C@H](O[C@@H]5[C@@H](O)[C@H](O)O[C@H](CO)[C@H]5O[C@@H]5OC[C@@H](O)[C@H](O)[C@H]5O)O[C@H]4C)[C@H](O)[C@H]3O)O[C@@H](C)[C@H](O)[C@H]2O[C@H]2O[C@@H](CO)[C@H](O)[C@H]2O)[C@@H]1OC. The normalized spacial score (nSPS) is 54.7. The topological polar surface area (TPSA) is 659 Å². The molecule has 10 heterocycles. The van der Waals surface area contributed by atoms with Crippen molar-refractivity contribution in [1.82, 2.24) is 0 Å². The van der Waals surface area contributed by atoms with Crippen LogP contribution in [0.15, 0.2) is 0 Å². The Morgan fingerprint density at radius 2 is 0.592 bits per heavy atom. The Morgan fingerprint density at radius 1 is 0.243 bits per heavy atom. The number of aliphatic hydroxyl groups excluding tert-OH is 23. The molecule has 103 heavy (non-hydrogen) atoms. The summed E-state index contributed by atoms with van der Waals surface area (Å²) in [6, 6.07) is 0. The molecule has 0 saturated carbocycles. The van der Waals surface area contributed by atoms with Gasteiger partial charge in [-0.1, -0.05) is 0 Å². The first-order valence-corrected chi connectivity index (χ1v) is 33.6. The lowest BCUT2D eigenvalue weighted by Crippen LogP contribution is -2.70. The fourth-order valence-corrected chi connectivity index (χ4v) is 13.9. The minimum Gasteiger partial charge on any atom is -0.394 e. The summed E-state index contributed by atoms with van der Waals surface area (Å²) in [7, 11) is 2.52. The molecular formula is C59H100O44. The maximum absolute atomic E-state index is 12.3. The zero-order chi connectivity index (χ0) is 75.2. The number of rotatable bonds is 24. The fraction of sp³-hybridized carbons (Fsp3) is 1.00. The van der Waals surface area contributed by atoms with Crippen LogP contribution in [-0.2, 0) is 99.5 Å². The first-order valence-electron chi connectivity index (χ1n) is 33.6. The third kappa shape index (κ3) is 17.3. The highest BCUT2D eigenvalue weighted by molar-refractivity contribution is 5.03. The molecule has 0 amide bonds. The molecule has 23 N–H and O–H groups in total. The fourth-order valence-electron chi connectivity index (χ4n) is 13.9. The predicted molar refractivity (Wildman–Crippen MR) is 316 cm³/mol. The Labute approximate surface area is 585 Å². The van der Waals surface area contributed by atoms with Gasteiger partial charge in [0.15, 0.2) is 62.9 Å². The van der Waals surface area contributed by atoms with Gasteiger partial charge in [-0.3, -0.25) is 0 Å². The number of hydrogen-bond acceptors (Lipinski definition) is 44. The minimum absolute atomic E-state index is 0.651. The summed E-state index contributed by atoms with van der Waals surface area (Å²) in [6.45, 7) is 0.00727. The number of ether oxygens (including phenoxy) is 21. The Hall–Kier alpha value is -1.76. The van der Waals surface area contributed by atoms with Crippen molar-refractivity contribution in [1.29, 1.82) is 0 Å². The van der Waals surface area contributed by atoms with Gasteiger partial charge in [0.2, 0.25) is 0 Å².